The van der Waals surface area contributed by atoms with E-state index in [0.717, 1.165) is 0 Å². The predicted octanol–water partition coefficient (Wildman–Crippen LogP) is 0.191. The normalized spacial score (nSPS) is 7.33. The van der Waals surface area contributed by atoms with Gasteiger partial charge in [-0.3, -0.25) is 4.79 Å². The van der Waals surface area contributed by atoms with Crippen LogP contribution in [0.15, 0.2) is 24.9 Å². The van der Waals surface area contributed by atoms with Crippen molar-refractivity contribution in [3.8, 4) is 0 Å². The van der Waals surface area contributed by atoms with Crippen molar-refractivity contribution in [1.82, 2.24) is 0 Å². The van der Waals surface area contributed by atoms with E-state index in [2.05, 4.69) is 18.9 Å². The highest BCUT2D eigenvalue weighted by atomic mass is 16.4. The Kier molecular flexibility index (Phi) is 7.85. The lowest BCUT2D eigenvalue weighted by Crippen LogP contribution is -2.06. The van der Waals surface area contributed by atoms with Crippen LogP contribution in [0.2, 0.25) is 0 Å². The second kappa shape index (κ2) is 7.33. The third kappa shape index (κ3) is 15.7. The zero-order valence-electron chi connectivity index (χ0n) is 6.49. The molecule has 0 amide bonds. The van der Waals surface area contributed by atoms with Crippen molar-refractivity contribution in [2.24, 2.45) is 5.73 Å². The summed E-state index contributed by atoms with van der Waals surface area (Å²) in [4.78, 5) is 19.0. The van der Waals surface area contributed by atoms with Gasteiger partial charge >= 0.3 is 11.9 Å². The summed E-state index contributed by atoms with van der Waals surface area (Å²) in [6.45, 7) is 6.15. The molecule has 68 valence electrons. The molecule has 0 radical (unpaired) electrons. The van der Waals surface area contributed by atoms with E-state index in [9.17, 15) is 9.59 Å². The molecule has 0 unspecified atom stereocenters. The summed E-state index contributed by atoms with van der Waals surface area (Å²) in [5.41, 5.74) is 4.32. The number of aliphatic carboxylic acids is 2. The standard InChI is InChI=1S/C4H6O2.C3H5NO2/c1-2-3-4(5)6;1-2(4)3(5)6/h2H,1,3H2,(H,5,6);1,4H2,(H,5,6). The first-order valence-corrected chi connectivity index (χ1v) is 2.92. The maximum absolute atomic E-state index is 9.53. The van der Waals surface area contributed by atoms with Crippen LogP contribution >= 0.6 is 0 Å². The van der Waals surface area contributed by atoms with E-state index in [-0.39, 0.29) is 12.1 Å². The Morgan fingerprint density at radius 1 is 1.42 bits per heavy atom. The van der Waals surface area contributed by atoms with E-state index in [4.69, 9.17) is 10.2 Å². The van der Waals surface area contributed by atoms with Crippen LogP contribution in [0.3, 0.4) is 0 Å². The van der Waals surface area contributed by atoms with E-state index in [1.807, 2.05) is 0 Å². The molecule has 5 heteroatoms. The van der Waals surface area contributed by atoms with Crippen molar-refractivity contribution in [2.75, 3.05) is 0 Å². The second-order valence-electron chi connectivity index (χ2n) is 1.72. The molecular formula is C7H11NO4. The molecule has 0 aromatic heterocycles. The first-order chi connectivity index (χ1) is 5.41. The maximum atomic E-state index is 9.53. The third-order valence-corrected chi connectivity index (χ3v) is 0.594. The average molecular weight is 173 g/mol. The Morgan fingerprint density at radius 2 is 1.75 bits per heavy atom. The molecule has 0 saturated heterocycles. The summed E-state index contributed by atoms with van der Waals surface area (Å²) in [5.74, 6) is -1.99. The first kappa shape index (κ1) is 12.9. The highest BCUT2D eigenvalue weighted by molar-refractivity contribution is 5.84. The van der Waals surface area contributed by atoms with Gasteiger partial charge in [0.2, 0.25) is 0 Å². The Bertz CT molecular complexity index is 186. The van der Waals surface area contributed by atoms with Gasteiger partial charge in [0.1, 0.15) is 5.70 Å². The van der Waals surface area contributed by atoms with E-state index in [0.29, 0.717) is 0 Å². The zero-order chi connectivity index (χ0) is 10.1. The lowest BCUT2D eigenvalue weighted by atomic mass is 10.4. The number of carboxylic acids is 2. The first-order valence-electron chi connectivity index (χ1n) is 2.92. The highest BCUT2D eigenvalue weighted by Crippen LogP contribution is 1.74. The molecule has 0 atom stereocenters. The lowest BCUT2D eigenvalue weighted by molar-refractivity contribution is -0.136. The van der Waals surface area contributed by atoms with Crippen molar-refractivity contribution in [3.05, 3.63) is 24.9 Å². The fraction of sp³-hybridized carbons (Fsp3) is 0.143. The Balaban J connectivity index is 0. The van der Waals surface area contributed by atoms with Gasteiger partial charge in [0.15, 0.2) is 0 Å². The molecule has 4 N–H and O–H groups in total. The van der Waals surface area contributed by atoms with Gasteiger partial charge in [-0.1, -0.05) is 12.7 Å². The maximum Gasteiger partial charge on any atom is 0.351 e. The predicted molar refractivity (Wildman–Crippen MR) is 43.4 cm³/mol. The Labute approximate surface area is 69.8 Å². The number of carboxylic acid groups (broad SMARTS) is 2. The minimum atomic E-state index is -1.16. The summed E-state index contributed by atoms with van der Waals surface area (Å²) < 4.78 is 0. The zero-order valence-corrected chi connectivity index (χ0v) is 6.49. The smallest absolute Gasteiger partial charge is 0.351 e. The topological polar surface area (TPSA) is 101 Å². The van der Waals surface area contributed by atoms with Gasteiger partial charge in [0.25, 0.3) is 0 Å². The van der Waals surface area contributed by atoms with E-state index >= 15 is 0 Å². The number of nitrogens with two attached hydrogens (primary N) is 1. The van der Waals surface area contributed by atoms with Gasteiger partial charge in [-0.25, -0.2) is 4.79 Å². The Hall–Kier alpha value is -1.78. The monoisotopic (exact) mass is 173 g/mol. The molecule has 0 aliphatic heterocycles. The molecule has 0 aliphatic carbocycles. The molecular weight excluding hydrogens is 162 g/mol. The largest absolute Gasteiger partial charge is 0.481 e. The van der Waals surface area contributed by atoms with Crippen molar-refractivity contribution in [3.63, 3.8) is 0 Å². The van der Waals surface area contributed by atoms with Crippen LogP contribution in [0.5, 0.6) is 0 Å². The minimum Gasteiger partial charge on any atom is -0.481 e. The van der Waals surface area contributed by atoms with Crippen molar-refractivity contribution >= 4 is 11.9 Å². The van der Waals surface area contributed by atoms with Gasteiger partial charge in [-0.05, 0) is 0 Å². The van der Waals surface area contributed by atoms with Crippen LogP contribution in [-0.4, -0.2) is 22.2 Å². The quantitative estimate of drug-likeness (QED) is 0.417. The van der Waals surface area contributed by atoms with Crippen LogP contribution in [0.4, 0.5) is 0 Å². The van der Waals surface area contributed by atoms with Crippen molar-refractivity contribution in [1.29, 1.82) is 0 Å². The van der Waals surface area contributed by atoms with Gasteiger partial charge in [0.05, 0.1) is 6.42 Å². The molecule has 0 bridgehead atoms. The fourth-order valence-electron chi connectivity index (χ4n) is 0.123. The summed E-state index contributed by atoms with van der Waals surface area (Å²) >= 11 is 0. The van der Waals surface area contributed by atoms with Crippen LogP contribution in [0, 0.1) is 0 Å². The summed E-state index contributed by atoms with van der Waals surface area (Å²) in [5, 5.41) is 15.6. The van der Waals surface area contributed by atoms with Crippen LogP contribution < -0.4 is 5.73 Å². The number of hydrogen-bond donors (Lipinski definition) is 3. The van der Waals surface area contributed by atoms with Crippen LogP contribution in [0.1, 0.15) is 6.42 Å². The number of carbonyl (C=O) groups is 2. The highest BCUT2D eigenvalue weighted by Gasteiger charge is 1.91. The van der Waals surface area contributed by atoms with E-state index in [1.165, 1.54) is 6.08 Å². The van der Waals surface area contributed by atoms with Gasteiger partial charge in [0, 0.05) is 0 Å². The minimum absolute atomic E-state index is 0.0556. The number of rotatable bonds is 3. The van der Waals surface area contributed by atoms with Crippen molar-refractivity contribution in [2.45, 2.75) is 6.42 Å². The third-order valence-electron chi connectivity index (χ3n) is 0.594. The van der Waals surface area contributed by atoms with E-state index < -0.39 is 11.9 Å². The summed E-state index contributed by atoms with van der Waals surface area (Å²) in [7, 11) is 0. The molecule has 0 fully saturated rings. The molecule has 5 nitrogen and oxygen atoms in total. The van der Waals surface area contributed by atoms with Crippen LogP contribution in [-0.2, 0) is 9.59 Å². The lowest BCUT2D eigenvalue weighted by Gasteiger charge is -1.81. The van der Waals surface area contributed by atoms with Crippen molar-refractivity contribution < 1.29 is 19.8 Å². The van der Waals surface area contributed by atoms with Gasteiger partial charge in [-0.15, -0.1) is 6.58 Å². The average Bonchev–Trinajstić information content (AvgIpc) is 1.87. The molecule has 0 rings (SSSR count). The molecule has 12 heavy (non-hydrogen) atoms. The summed E-state index contributed by atoms with van der Waals surface area (Å²) in [6.07, 6.45) is 1.41. The molecule has 0 aromatic rings. The number of hydrogen-bond acceptors (Lipinski definition) is 3. The van der Waals surface area contributed by atoms with Gasteiger partial charge < -0.3 is 15.9 Å². The fourth-order valence-corrected chi connectivity index (χ4v) is 0.123. The molecule has 0 heterocycles. The van der Waals surface area contributed by atoms with Crippen LogP contribution in [0.25, 0.3) is 0 Å². The molecule has 0 aromatic carbocycles. The second-order valence-corrected chi connectivity index (χ2v) is 1.72. The molecule has 0 saturated carbocycles. The molecule has 0 spiro atoms. The summed E-state index contributed by atoms with van der Waals surface area (Å²) in [6, 6.07) is 0. The SMILES string of the molecule is C=C(N)C(=O)O.C=CCC(=O)O. The van der Waals surface area contributed by atoms with E-state index in [1.54, 1.807) is 0 Å². The van der Waals surface area contributed by atoms with Gasteiger partial charge in [-0.2, -0.15) is 0 Å². The molecule has 0 aliphatic rings. The Morgan fingerprint density at radius 3 is 1.75 bits per heavy atom.